The van der Waals surface area contributed by atoms with Crippen LogP contribution in [0.4, 0.5) is 4.39 Å². The molecule has 12 heavy (non-hydrogen) atoms. The molecule has 0 rings (SSSR count). The van der Waals surface area contributed by atoms with Gasteiger partial charge in [0.2, 0.25) is 0 Å². The highest BCUT2D eigenvalue weighted by Gasteiger charge is 2.00. The van der Waals surface area contributed by atoms with E-state index in [-0.39, 0.29) is 0 Å². The van der Waals surface area contributed by atoms with Gasteiger partial charge in [0.05, 0.1) is 6.61 Å². The van der Waals surface area contributed by atoms with Crippen molar-refractivity contribution in [3.8, 4) is 0 Å². The van der Waals surface area contributed by atoms with Gasteiger partial charge in [0.25, 0.3) is 0 Å². The summed E-state index contributed by atoms with van der Waals surface area (Å²) in [6.07, 6.45) is -0.713. The molecule has 0 saturated carbocycles. The molecule has 1 atom stereocenters. The van der Waals surface area contributed by atoms with Gasteiger partial charge in [-0.3, -0.25) is 0 Å². The van der Waals surface area contributed by atoms with Crippen LogP contribution in [0.5, 0.6) is 0 Å². The summed E-state index contributed by atoms with van der Waals surface area (Å²) in [5, 5.41) is 2.75. The second-order valence-electron chi connectivity index (χ2n) is 2.59. The van der Waals surface area contributed by atoms with E-state index >= 15 is 0 Å². The number of halogens is 1. The molecule has 0 aliphatic heterocycles. The van der Waals surface area contributed by atoms with Crippen LogP contribution < -0.4 is 5.32 Å². The van der Waals surface area contributed by atoms with Gasteiger partial charge in [-0.05, 0) is 21.0 Å². The summed E-state index contributed by atoms with van der Waals surface area (Å²) in [6.45, 7) is 7.45. The van der Waals surface area contributed by atoms with E-state index in [1.165, 1.54) is 0 Å². The largest absolute Gasteiger partial charge is 0.344 e. The normalized spacial score (nSPS) is 11.4. The maximum absolute atomic E-state index is 12.2. The van der Waals surface area contributed by atoms with Crippen molar-refractivity contribution in [2.24, 2.45) is 0 Å². The first-order valence-electron chi connectivity index (χ1n) is 4.07. The van der Waals surface area contributed by atoms with Crippen molar-refractivity contribution < 1.29 is 9.13 Å². The van der Waals surface area contributed by atoms with Crippen molar-refractivity contribution in [3.63, 3.8) is 0 Å². The van der Waals surface area contributed by atoms with Crippen molar-refractivity contribution in [2.45, 2.75) is 26.6 Å². The predicted molar refractivity (Wildman–Crippen MR) is 50.9 cm³/mol. The maximum atomic E-state index is 12.2. The molecule has 0 radical (unpaired) electrons. The minimum Gasteiger partial charge on any atom is -0.344 e. The van der Waals surface area contributed by atoms with Crippen LogP contribution in [0.3, 0.4) is 0 Å². The molecule has 1 N–H and O–H groups in total. The van der Waals surface area contributed by atoms with E-state index in [1.54, 1.807) is 6.92 Å². The Morgan fingerprint density at radius 2 is 2.00 bits per heavy atom. The molecule has 0 aromatic heterocycles. The van der Waals surface area contributed by atoms with Gasteiger partial charge in [-0.1, -0.05) is 19.1 Å². The molecule has 0 aliphatic carbocycles. The van der Waals surface area contributed by atoms with Gasteiger partial charge in [-0.2, -0.15) is 0 Å². The number of nitrogens with one attached hydrogen (secondary N) is 1. The van der Waals surface area contributed by atoms with Crippen LogP contribution in [0.1, 0.15) is 20.3 Å². The van der Waals surface area contributed by atoms with Gasteiger partial charge < -0.3 is 10.1 Å². The number of ether oxygens (including phenoxy) is 1. The summed E-state index contributed by atoms with van der Waals surface area (Å²) in [4.78, 5) is 0. The van der Waals surface area contributed by atoms with E-state index in [4.69, 9.17) is 0 Å². The van der Waals surface area contributed by atoms with Crippen molar-refractivity contribution in [1.29, 1.82) is 0 Å². The average molecular weight is 177 g/mol. The van der Waals surface area contributed by atoms with Gasteiger partial charge in [0.15, 0.2) is 6.36 Å². The Morgan fingerprint density at radius 3 is 2.25 bits per heavy atom. The Morgan fingerprint density at radius 1 is 1.58 bits per heavy atom. The first kappa shape index (κ1) is 14.1. The zero-order valence-electron chi connectivity index (χ0n) is 8.48. The third-order valence-electron chi connectivity index (χ3n) is 0.832. The van der Waals surface area contributed by atoms with Crippen molar-refractivity contribution >= 4 is 0 Å². The molecule has 3 heteroatoms. The molecule has 2 nitrogen and oxygen atoms in total. The molecule has 0 aromatic carbocycles. The van der Waals surface area contributed by atoms with E-state index in [2.05, 4.69) is 16.6 Å². The fourth-order valence-electron chi connectivity index (χ4n) is 0.351. The van der Waals surface area contributed by atoms with Crippen LogP contribution in [0, 0.1) is 0 Å². The molecule has 0 amide bonds. The van der Waals surface area contributed by atoms with E-state index in [1.807, 2.05) is 21.0 Å². The Bertz CT molecular complexity index is 107. The van der Waals surface area contributed by atoms with Crippen LogP contribution in [-0.4, -0.2) is 27.1 Å². The molecule has 0 aliphatic rings. The minimum atomic E-state index is -1.12. The second kappa shape index (κ2) is 10.6. The van der Waals surface area contributed by atoms with Crippen molar-refractivity contribution in [2.75, 3.05) is 20.7 Å². The second-order valence-corrected chi connectivity index (χ2v) is 2.59. The Kier molecular flexibility index (Phi) is 12.5. The predicted octanol–water partition coefficient (Wildman–Crippen LogP) is 2.12. The molecule has 0 heterocycles. The number of rotatable bonds is 4. The molecule has 74 valence electrons. The lowest BCUT2D eigenvalue weighted by Gasteiger charge is -2.05. The summed E-state index contributed by atoms with van der Waals surface area (Å²) in [5.74, 6) is 0. The van der Waals surface area contributed by atoms with Gasteiger partial charge in [0, 0.05) is 6.42 Å². The molecular weight excluding hydrogens is 157 g/mol. The Balaban J connectivity index is 0. The number of alkyl halides is 1. The summed E-state index contributed by atoms with van der Waals surface area (Å²) >= 11 is 0. The first-order chi connectivity index (χ1) is 5.58. The Hall–Kier alpha value is -0.410. The maximum Gasteiger partial charge on any atom is 0.198 e. The van der Waals surface area contributed by atoms with Crippen LogP contribution in [-0.2, 0) is 4.74 Å². The standard InChI is InChI=1S/C7H13FO.C2H7N/c1-4-7(8)9-5-6(2)3;1-3-2/h7H,2,4-5H2,1,3H3;3H,1-2H3. The Labute approximate surface area is 74.8 Å². The molecule has 0 aromatic rings. The zero-order valence-corrected chi connectivity index (χ0v) is 8.48. The highest BCUT2D eigenvalue weighted by atomic mass is 19.1. The number of hydrogen-bond donors (Lipinski definition) is 1. The summed E-state index contributed by atoms with van der Waals surface area (Å²) in [5.41, 5.74) is 0.853. The lowest BCUT2D eigenvalue weighted by Crippen LogP contribution is -2.05. The van der Waals surface area contributed by atoms with Crippen molar-refractivity contribution in [1.82, 2.24) is 5.32 Å². The lowest BCUT2D eigenvalue weighted by atomic mass is 10.4. The summed E-state index contributed by atoms with van der Waals surface area (Å²) in [7, 11) is 3.75. The highest BCUT2D eigenvalue weighted by Crippen LogP contribution is 2.00. The van der Waals surface area contributed by atoms with E-state index in [9.17, 15) is 4.39 Å². The zero-order chi connectivity index (χ0) is 9.98. The van der Waals surface area contributed by atoms with Crippen molar-refractivity contribution in [3.05, 3.63) is 12.2 Å². The van der Waals surface area contributed by atoms with E-state index in [0.29, 0.717) is 13.0 Å². The first-order valence-corrected chi connectivity index (χ1v) is 4.07. The van der Waals surface area contributed by atoms with Crippen LogP contribution in [0.2, 0.25) is 0 Å². The smallest absolute Gasteiger partial charge is 0.198 e. The lowest BCUT2D eigenvalue weighted by molar-refractivity contribution is -0.0290. The molecule has 0 bridgehead atoms. The topological polar surface area (TPSA) is 21.3 Å². The summed E-state index contributed by atoms with van der Waals surface area (Å²) < 4.78 is 16.9. The monoisotopic (exact) mass is 177 g/mol. The number of hydrogen-bond acceptors (Lipinski definition) is 2. The molecular formula is C9H20FNO. The minimum absolute atomic E-state index is 0.328. The van der Waals surface area contributed by atoms with Crippen LogP contribution in [0.25, 0.3) is 0 Å². The van der Waals surface area contributed by atoms with Gasteiger partial charge in [0.1, 0.15) is 0 Å². The van der Waals surface area contributed by atoms with Gasteiger partial charge in [-0.15, -0.1) is 0 Å². The van der Waals surface area contributed by atoms with E-state index < -0.39 is 6.36 Å². The third kappa shape index (κ3) is 16.3. The fraction of sp³-hybridized carbons (Fsp3) is 0.778. The highest BCUT2D eigenvalue weighted by molar-refractivity contribution is 4.87. The quantitative estimate of drug-likeness (QED) is 0.664. The SMILES string of the molecule is C=C(C)COC(F)CC.CNC. The average Bonchev–Trinajstić information content (AvgIpc) is 2.01. The molecule has 0 fully saturated rings. The molecule has 0 spiro atoms. The van der Waals surface area contributed by atoms with Gasteiger partial charge in [-0.25, -0.2) is 4.39 Å². The van der Waals surface area contributed by atoms with Gasteiger partial charge >= 0.3 is 0 Å². The third-order valence-corrected chi connectivity index (χ3v) is 0.832. The fourth-order valence-corrected chi connectivity index (χ4v) is 0.351. The van der Waals surface area contributed by atoms with E-state index in [0.717, 1.165) is 5.57 Å². The molecule has 1 unspecified atom stereocenters. The summed E-state index contributed by atoms with van der Waals surface area (Å²) in [6, 6.07) is 0. The molecule has 0 saturated heterocycles. The van der Waals surface area contributed by atoms with Crippen LogP contribution >= 0.6 is 0 Å². The van der Waals surface area contributed by atoms with Crippen LogP contribution in [0.15, 0.2) is 12.2 Å².